The van der Waals surface area contributed by atoms with E-state index in [0.717, 1.165) is 5.56 Å². The number of aromatic nitrogens is 2. The molecular formula is C18H16ClFN4O3. The minimum Gasteiger partial charge on any atom is -0.496 e. The second kappa shape index (κ2) is 8.15. The van der Waals surface area contributed by atoms with Gasteiger partial charge in [0.15, 0.2) is 5.82 Å². The zero-order chi connectivity index (χ0) is 19.4. The Balaban J connectivity index is 2.00. The Bertz CT molecular complexity index is 1000. The van der Waals surface area contributed by atoms with Crippen LogP contribution in [0.1, 0.15) is 5.56 Å². The number of benzene rings is 2. The summed E-state index contributed by atoms with van der Waals surface area (Å²) in [5, 5.41) is 15.1. The van der Waals surface area contributed by atoms with Crippen molar-refractivity contribution in [1.29, 1.82) is 0 Å². The lowest BCUT2D eigenvalue weighted by atomic mass is 10.1. The molecule has 140 valence electrons. The van der Waals surface area contributed by atoms with E-state index in [1.54, 1.807) is 24.3 Å². The average molecular weight is 391 g/mol. The Morgan fingerprint density at radius 1 is 1.33 bits per heavy atom. The van der Waals surface area contributed by atoms with Crippen molar-refractivity contribution >= 4 is 40.0 Å². The number of aliphatic carboxylic acids is 1. The third-order valence-electron chi connectivity index (χ3n) is 3.83. The molecule has 0 saturated carbocycles. The Hall–Kier alpha value is -2.97. The maximum atomic E-state index is 14.2. The number of halogens is 2. The van der Waals surface area contributed by atoms with E-state index in [0.29, 0.717) is 22.5 Å². The number of carboxylic acid groups (broad SMARTS) is 1. The first-order valence-corrected chi connectivity index (χ1v) is 8.32. The molecule has 0 fully saturated rings. The van der Waals surface area contributed by atoms with Crippen LogP contribution in [0, 0.1) is 5.82 Å². The first-order valence-electron chi connectivity index (χ1n) is 7.94. The van der Waals surface area contributed by atoms with Crippen molar-refractivity contribution < 1.29 is 19.0 Å². The largest absolute Gasteiger partial charge is 0.496 e. The summed E-state index contributed by atoms with van der Waals surface area (Å²) in [6.07, 6.45) is 1.36. The number of anilines is 2. The highest BCUT2D eigenvalue weighted by Gasteiger charge is 2.13. The normalized spacial score (nSPS) is 10.8. The molecule has 1 aromatic heterocycles. The van der Waals surface area contributed by atoms with Crippen LogP contribution in [-0.2, 0) is 11.3 Å². The molecule has 7 nitrogen and oxygen atoms in total. The molecule has 27 heavy (non-hydrogen) atoms. The number of hydrogen-bond donors (Lipinski definition) is 3. The monoisotopic (exact) mass is 390 g/mol. The first kappa shape index (κ1) is 18.8. The highest BCUT2D eigenvalue weighted by molar-refractivity contribution is 6.31. The summed E-state index contributed by atoms with van der Waals surface area (Å²) in [5.41, 5.74) is 1.49. The second-order valence-corrected chi connectivity index (χ2v) is 6.03. The smallest absolute Gasteiger partial charge is 0.317 e. The first-order chi connectivity index (χ1) is 13.0. The molecule has 0 aliphatic heterocycles. The molecule has 0 bridgehead atoms. The maximum Gasteiger partial charge on any atom is 0.317 e. The summed E-state index contributed by atoms with van der Waals surface area (Å²) in [6.45, 7) is 0.0799. The van der Waals surface area contributed by atoms with E-state index in [9.17, 15) is 9.18 Å². The van der Waals surface area contributed by atoms with Crippen molar-refractivity contribution in [2.75, 3.05) is 19.0 Å². The van der Waals surface area contributed by atoms with Gasteiger partial charge in [-0.15, -0.1) is 0 Å². The second-order valence-electron chi connectivity index (χ2n) is 5.63. The Morgan fingerprint density at radius 3 is 2.89 bits per heavy atom. The third-order valence-corrected chi connectivity index (χ3v) is 4.13. The molecule has 0 radical (unpaired) electrons. The zero-order valence-electron chi connectivity index (χ0n) is 14.3. The Labute approximate surface area is 159 Å². The van der Waals surface area contributed by atoms with Gasteiger partial charge >= 0.3 is 5.97 Å². The number of carboxylic acids is 1. The number of nitrogens with zero attached hydrogens (tertiary/aromatic N) is 2. The van der Waals surface area contributed by atoms with E-state index in [4.69, 9.17) is 21.4 Å². The lowest BCUT2D eigenvalue weighted by Crippen LogP contribution is -2.22. The molecule has 0 aliphatic carbocycles. The standard InChI is InChI=1S/C18H16ClFN4O3/c1-27-15-6-14-11(5-10(15)7-21-8-16(25)26)18(23-9-22-14)24-13-4-2-3-12(19)17(13)20/h2-6,9,21H,7-8H2,1H3,(H,25,26)(H,22,23,24). The van der Waals surface area contributed by atoms with Crippen LogP contribution < -0.4 is 15.4 Å². The molecule has 2 aromatic carbocycles. The van der Waals surface area contributed by atoms with Crippen molar-refractivity contribution in [2.45, 2.75) is 6.54 Å². The van der Waals surface area contributed by atoms with Crippen LogP contribution in [0.2, 0.25) is 5.02 Å². The van der Waals surface area contributed by atoms with Gasteiger partial charge in [0.05, 0.1) is 29.9 Å². The number of hydrogen-bond acceptors (Lipinski definition) is 6. The van der Waals surface area contributed by atoms with Gasteiger partial charge < -0.3 is 20.5 Å². The van der Waals surface area contributed by atoms with Gasteiger partial charge in [0.25, 0.3) is 0 Å². The molecule has 0 aliphatic rings. The summed E-state index contributed by atoms with van der Waals surface area (Å²) >= 11 is 5.83. The maximum absolute atomic E-state index is 14.2. The quantitative estimate of drug-likeness (QED) is 0.569. The fourth-order valence-corrected chi connectivity index (χ4v) is 2.76. The molecule has 1 heterocycles. The number of nitrogens with one attached hydrogen (secondary N) is 2. The fraction of sp³-hybridized carbons (Fsp3) is 0.167. The van der Waals surface area contributed by atoms with E-state index in [1.165, 1.54) is 19.5 Å². The van der Waals surface area contributed by atoms with Gasteiger partial charge in [-0.2, -0.15) is 0 Å². The molecule has 0 saturated heterocycles. The van der Waals surface area contributed by atoms with Crippen LogP contribution in [0.3, 0.4) is 0 Å². The highest BCUT2D eigenvalue weighted by Crippen LogP contribution is 2.31. The molecular weight excluding hydrogens is 375 g/mol. The molecule has 0 atom stereocenters. The minimum atomic E-state index is -0.961. The van der Waals surface area contributed by atoms with Crippen molar-refractivity contribution in [1.82, 2.24) is 15.3 Å². The van der Waals surface area contributed by atoms with Gasteiger partial charge in [-0.25, -0.2) is 14.4 Å². The number of methoxy groups -OCH3 is 1. The van der Waals surface area contributed by atoms with E-state index in [-0.39, 0.29) is 23.8 Å². The average Bonchev–Trinajstić information content (AvgIpc) is 2.65. The molecule has 3 rings (SSSR count). The number of ether oxygens (including phenoxy) is 1. The number of rotatable bonds is 7. The van der Waals surface area contributed by atoms with Crippen molar-refractivity contribution in [3.05, 3.63) is 53.1 Å². The van der Waals surface area contributed by atoms with Crippen LogP contribution in [0.15, 0.2) is 36.7 Å². The molecule has 0 spiro atoms. The molecule has 3 N–H and O–H groups in total. The van der Waals surface area contributed by atoms with Gasteiger partial charge in [0.1, 0.15) is 17.9 Å². The minimum absolute atomic E-state index is 0.00131. The van der Waals surface area contributed by atoms with Crippen molar-refractivity contribution in [2.24, 2.45) is 0 Å². The third kappa shape index (κ3) is 4.24. The van der Waals surface area contributed by atoms with Crippen LogP contribution in [0.25, 0.3) is 10.9 Å². The molecule has 9 heteroatoms. The SMILES string of the molecule is COc1cc2ncnc(Nc3cccc(Cl)c3F)c2cc1CNCC(=O)O. The van der Waals surface area contributed by atoms with E-state index in [2.05, 4.69) is 20.6 Å². The number of fused-ring (bicyclic) bond motifs is 1. The fourth-order valence-electron chi connectivity index (χ4n) is 2.59. The van der Waals surface area contributed by atoms with E-state index in [1.807, 2.05) is 0 Å². The summed E-state index contributed by atoms with van der Waals surface area (Å²) in [4.78, 5) is 19.1. The Kier molecular flexibility index (Phi) is 5.68. The highest BCUT2D eigenvalue weighted by atomic mass is 35.5. The summed E-state index contributed by atoms with van der Waals surface area (Å²) < 4.78 is 19.6. The van der Waals surface area contributed by atoms with Crippen molar-refractivity contribution in [3.8, 4) is 5.75 Å². The van der Waals surface area contributed by atoms with Gasteiger partial charge in [-0.05, 0) is 18.2 Å². The lowest BCUT2D eigenvalue weighted by molar-refractivity contribution is -0.136. The molecule has 0 unspecified atom stereocenters. The predicted molar refractivity (Wildman–Crippen MR) is 100 cm³/mol. The predicted octanol–water partition coefficient (Wildman–Crippen LogP) is 3.35. The molecule has 3 aromatic rings. The van der Waals surface area contributed by atoms with Gasteiger partial charge in [-0.3, -0.25) is 4.79 Å². The van der Waals surface area contributed by atoms with E-state index >= 15 is 0 Å². The van der Waals surface area contributed by atoms with Crippen molar-refractivity contribution in [3.63, 3.8) is 0 Å². The van der Waals surface area contributed by atoms with Crippen LogP contribution in [0.4, 0.5) is 15.9 Å². The van der Waals surface area contributed by atoms with Crippen LogP contribution in [-0.4, -0.2) is 34.7 Å². The van der Waals surface area contributed by atoms with Crippen LogP contribution in [0.5, 0.6) is 5.75 Å². The topological polar surface area (TPSA) is 96.4 Å². The summed E-state index contributed by atoms with van der Waals surface area (Å²) in [7, 11) is 1.52. The Morgan fingerprint density at radius 2 is 2.15 bits per heavy atom. The lowest BCUT2D eigenvalue weighted by Gasteiger charge is -2.13. The van der Waals surface area contributed by atoms with E-state index < -0.39 is 11.8 Å². The van der Waals surface area contributed by atoms with Crippen LogP contribution >= 0.6 is 11.6 Å². The molecule has 0 amide bonds. The van der Waals surface area contributed by atoms with Gasteiger partial charge in [-0.1, -0.05) is 17.7 Å². The summed E-state index contributed by atoms with van der Waals surface area (Å²) in [6, 6.07) is 8.12. The zero-order valence-corrected chi connectivity index (χ0v) is 15.0. The van der Waals surface area contributed by atoms with Gasteiger partial charge in [0.2, 0.25) is 0 Å². The number of carbonyl (C=O) groups is 1. The summed E-state index contributed by atoms with van der Waals surface area (Å²) in [5.74, 6) is -0.595. The van der Waals surface area contributed by atoms with Gasteiger partial charge in [0, 0.05) is 23.6 Å².